The Hall–Kier alpha value is -3.13. The van der Waals surface area contributed by atoms with E-state index in [2.05, 4.69) is 4.98 Å². The highest BCUT2D eigenvalue weighted by Gasteiger charge is 2.24. The zero-order valence-corrected chi connectivity index (χ0v) is 11.8. The number of carbonyl (C=O) groups excluding carboxylic acids is 1. The van der Waals surface area contributed by atoms with E-state index in [1.807, 2.05) is 30.3 Å². The minimum Gasteiger partial charge on any atom is -0.501 e. The second-order valence-electron chi connectivity index (χ2n) is 5.14. The maximum absolute atomic E-state index is 12.5. The highest BCUT2D eigenvalue weighted by atomic mass is 16.3. The Morgan fingerprint density at radius 3 is 2.55 bits per heavy atom. The van der Waals surface area contributed by atoms with Crippen LogP contribution in [0.25, 0.3) is 10.7 Å². The van der Waals surface area contributed by atoms with Crippen LogP contribution in [0.15, 0.2) is 54.7 Å². The molecule has 0 atom stereocenters. The summed E-state index contributed by atoms with van der Waals surface area (Å²) < 4.78 is 0. The molecule has 1 aliphatic rings. The van der Waals surface area contributed by atoms with Crippen molar-refractivity contribution < 1.29 is 9.90 Å². The summed E-state index contributed by atoms with van der Waals surface area (Å²) in [6.45, 7) is 1.05. The number of nitrogens with zero attached hydrogens (tertiary/aromatic N) is 3. The molecule has 0 spiro atoms. The van der Waals surface area contributed by atoms with Gasteiger partial charge >= 0.3 is 6.20 Å². The minimum atomic E-state index is -0.113. The van der Waals surface area contributed by atoms with E-state index in [0.717, 1.165) is 17.3 Å². The normalized spacial score (nSPS) is 13.6. The fourth-order valence-electron chi connectivity index (χ4n) is 2.59. The first kappa shape index (κ1) is 13.8. The summed E-state index contributed by atoms with van der Waals surface area (Å²) in [6.07, 6.45) is 0.976. The first-order valence-electron chi connectivity index (χ1n) is 6.89. The molecule has 0 aliphatic carbocycles. The summed E-state index contributed by atoms with van der Waals surface area (Å²) in [5, 5.41) is 18.2. The largest absolute Gasteiger partial charge is 0.501 e. The first-order valence-corrected chi connectivity index (χ1v) is 6.89. The molecule has 3 rings (SSSR count). The van der Waals surface area contributed by atoms with Gasteiger partial charge in [-0.2, -0.15) is 0 Å². The van der Waals surface area contributed by atoms with Gasteiger partial charge < -0.3 is 10.0 Å². The van der Waals surface area contributed by atoms with Gasteiger partial charge in [-0.05, 0) is 29.3 Å². The summed E-state index contributed by atoms with van der Waals surface area (Å²) in [5.74, 6) is -0.124. The number of hydrogen-bond donors (Lipinski definition) is 1. The molecule has 22 heavy (non-hydrogen) atoms. The number of diazo groups is 1. The maximum Gasteiger partial charge on any atom is 0.392 e. The molecule has 0 saturated carbocycles. The monoisotopic (exact) mass is 292 g/mol. The quantitative estimate of drug-likeness (QED) is 0.679. The molecule has 1 amide bonds. The molecular formula is C17H14N3O2+. The Balaban J connectivity index is 1.83. The summed E-state index contributed by atoms with van der Waals surface area (Å²) in [6, 6.07) is 14.6. The molecule has 0 fully saturated rings. The van der Waals surface area contributed by atoms with Crippen LogP contribution in [0.2, 0.25) is 0 Å². The zero-order valence-electron chi connectivity index (χ0n) is 11.8. The lowest BCUT2D eigenvalue weighted by molar-refractivity contribution is 0.0751. The summed E-state index contributed by atoms with van der Waals surface area (Å²) in [4.78, 5) is 17.0. The molecule has 0 saturated heterocycles. The third-order valence-electron chi connectivity index (χ3n) is 3.71. The number of hydrogen-bond acceptors (Lipinski definition) is 3. The number of fused-ring (bicyclic) bond motifs is 1. The van der Waals surface area contributed by atoms with Crippen molar-refractivity contribution in [3.8, 4) is 0 Å². The predicted octanol–water partition coefficient (Wildman–Crippen LogP) is 3.55. The van der Waals surface area contributed by atoms with Crippen LogP contribution < -0.4 is 0 Å². The molecule has 0 radical (unpaired) electrons. The van der Waals surface area contributed by atoms with Crippen molar-refractivity contribution >= 4 is 11.7 Å². The second-order valence-corrected chi connectivity index (χ2v) is 5.14. The SMILES string of the molecule is N#[N+]/C=C(/O)c1ccc2c(c1)CN(C(=O)c1ccccc1)C2. The van der Waals surface area contributed by atoms with Crippen LogP contribution in [0.4, 0.5) is 0 Å². The van der Waals surface area contributed by atoms with Crippen LogP contribution in [-0.4, -0.2) is 15.9 Å². The highest BCUT2D eigenvalue weighted by molar-refractivity contribution is 5.94. The summed E-state index contributed by atoms with van der Waals surface area (Å²) in [7, 11) is 0. The van der Waals surface area contributed by atoms with Gasteiger partial charge in [-0.25, -0.2) is 0 Å². The molecule has 5 nitrogen and oxygen atoms in total. The molecule has 108 valence electrons. The fourth-order valence-corrected chi connectivity index (χ4v) is 2.59. The van der Waals surface area contributed by atoms with Crippen molar-refractivity contribution in [1.82, 2.24) is 4.90 Å². The molecule has 5 heteroatoms. The second kappa shape index (κ2) is 5.70. The highest BCUT2D eigenvalue weighted by Crippen LogP contribution is 2.27. The van der Waals surface area contributed by atoms with Crippen molar-refractivity contribution in [3.05, 3.63) is 82.0 Å². The lowest BCUT2D eigenvalue weighted by Crippen LogP contribution is -2.25. The van der Waals surface area contributed by atoms with E-state index < -0.39 is 0 Å². The minimum absolute atomic E-state index is 0.0107. The van der Waals surface area contributed by atoms with Crippen LogP contribution in [-0.2, 0) is 13.1 Å². The van der Waals surface area contributed by atoms with E-state index in [1.54, 1.807) is 23.1 Å². The smallest absolute Gasteiger partial charge is 0.392 e. The van der Waals surface area contributed by atoms with Crippen LogP contribution in [0.3, 0.4) is 0 Å². The Labute approximate surface area is 127 Å². The van der Waals surface area contributed by atoms with Gasteiger partial charge in [0.2, 0.25) is 11.2 Å². The van der Waals surface area contributed by atoms with Crippen LogP contribution >= 0.6 is 0 Å². The van der Waals surface area contributed by atoms with E-state index in [0.29, 0.717) is 24.2 Å². The summed E-state index contributed by atoms with van der Waals surface area (Å²) in [5.41, 5.74) is 3.27. The third-order valence-corrected chi connectivity index (χ3v) is 3.71. The van der Waals surface area contributed by atoms with Gasteiger partial charge in [0.1, 0.15) is 0 Å². The molecule has 0 bridgehead atoms. The van der Waals surface area contributed by atoms with Gasteiger partial charge in [0, 0.05) is 24.2 Å². The maximum atomic E-state index is 12.5. The molecule has 2 aromatic carbocycles. The topological polar surface area (TPSA) is 68.7 Å². The van der Waals surface area contributed by atoms with Gasteiger partial charge in [-0.1, -0.05) is 30.3 Å². The number of rotatable bonds is 2. The molecule has 0 aromatic heterocycles. The van der Waals surface area contributed by atoms with E-state index in [-0.39, 0.29) is 11.7 Å². The van der Waals surface area contributed by atoms with Crippen molar-refractivity contribution in [1.29, 1.82) is 5.39 Å². The lowest BCUT2D eigenvalue weighted by atomic mass is 10.1. The standard InChI is InChI=1S/C17H13N3O2/c18-19-9-16(21)13-6-7-14-10-20(11-15(14)8-13)17(22)12-4-2-1-3-5-12/h1-9H,10-11H2/p+1/b16-9+. The Morgan fingerprint density at radius 1 is 1.09 bits per heavy atom. The van der Waals surface area contributed by atoms with Gasteiger partial charge in [0.05, 0.1) is 0 Å². The van der Waals surface area contributed by atoms with Gasteiger partial charge in [-0.15, -0.1) is 0 Å². The van der Waals surface area contributed by atoms with Crippen molar-refractivity contribution in [2.24, 2.45) is 0 Å². The van der Waals surface area contributed by atoms with Gasteiger partial charge in [-0.3, -0.25) is 4.79 Å². The number of aliphatic hydroxyl groups is 1. The van der Waals surface area contributed by atoms with E-state index in [9.17, 15) is 9.90 Å². The Morgan fingerprint density at radius 2 is 1.82 bits per heavy atom. The lowest BCUT2D eigenvalue weighted by Gasteiger charge is -2.15. The molecule has 1 N–H and O–H groups in total. The molecule has 1 aliphatic heterocycles. The molecule has 0 unspecified atom stereocenters. The average molecular weight is 292 g/mol. The van der Waals surface area contributed by atoms with E-state index in [1.165, 1.54) is 0 Å². The zero-order chi connectivity index (χ0) is 15.5. The number of benzene rings is 2. The fraction of sp³-hybridized carbons (Fsp3) is 0.118. The van der Waals surface area contributed by atoms with Crippen LogP contribution in [0.1, 0.15) is 27.0 Å². The molecule has 1 heterocycles. The van der Waals surface area contributed by atoms with Gasteiger partial charge in [0.25, 0.3) is 5.91 Å². The van der Waals surface area contributed by atoms with Gasteiger partial charge in [0.15, 0.2) is 4.98 Å². The van der Waals surface area contributed by atoms with E-state index in [4.69, 9.17) is 5.39 Å². The van der Waals surface area contributed by atoms with Crippen molar-refractivity contribution in [3.63, 3.8) is 0 Å². The van der Waals surface area contributed by atoms with Crippen LogP contribution in [0, 0.1) is 5.39 Å². The van der Waals surface area contributed by atoms with Crippen LogP contribution in [0.5, 0.6) is 0 Å². The van der Waals surface area contributed by atoms with E-state index >= 15 is 0 Å². The molecule has 2 aromatic rings. The third kappa shape index (κ3) is 2.54. The Kier molecular flexibility index (Phi) is 3.58. The first-order chi connectivity index (χ1) is 10.7. The van der Waals surface area contributed by atoms with Crippen molar-refractivity contribution in [2.75, 3.05) is 0 Å². The number of aliphatic hydroxyl groups excluding tert-OH is 1. The molecular weight excluding hydrogens is 278 g/mol. The predicted molar refractivity (Wildman–Crippen MR) is 82.2 cm³/mol. The number of amides is 1. The number of carbonyl (C=O) groups is 1. The average Bonchev–Trinajstić information content (AvgIpc) is 2.98. The Bertz CT molecular complexity index is 791. The van der Waals surface area contributed by atoms with Crippen molar-refractivity contribution in [2.45, 2.75) is 13.1 Å². The summed E-state index contributed by atoms with van der Waals surface area (Å²) >= 11 is 0.